The molecular formula is C21H13FN8S. The van der Waals surface area contributed by atoms with Crippen LogP contribution in [0.25, 0.3) is 55.3 Å². The van der Waals surface area contributed by atoms with Crippen LogP contribution in [0.5, 0.6) is 0 Å². The van der Waals surface area contributed by atoms with E-state index in [0.29, 0.717) is 28.2 Å². The third-order valence-electron chi connectivity index (χ3n) is 5.00. The number of aryl methyl sites for hydroxylation is 1. The predicted octanol–water partition coefficient (Wildman–Crippen LogP) is 4.53. The van der Waals surface area contributed by atoms with Gasteiger partial charge in [0.1, 0.15) is 29.0 Å². The molecule has 0 unspecified atom stereocenters. The number of nitrogens with zero attached hydrogens (tertiary/aromatic N) is 6. The molecule has 0 atom stereocenters. The van der Waals surface area contributed by atoms with Gasteiger partial charge in [0.15, 0.2) is 11.5 Å². The highest BCUT2D eigenvalue weighted by molar-refractivity contribution is 7.15. The topological polar surface area (TPSA) is 109 Å². The van der Waals surface area contributed by atoms with Crippen LogP contribution in [-0.2, 0) is 0 Å². The Kier molecular flexibility index (Phi) is 3.87. The average molecular weight is 428 g/mol. The maximum atomic E-state index is 15.5. The van der Waals surface area contributed by atoms with Crippen LogP contribution in [0.2, 0.25) is 0 Å². The number of halogens is 1. The minimum absolute atomic E-state index is 0.252. The van der Waals surface area contributed by atoms with Gasteiger partial charge in [-0.05, 0) is 25.1 Å². The number of rotatable bonds is 3. The molecule has 0 aliphatic rings. The fraction of sp³-hybridized carbons (Fsp3) is 0.0476. The Morgan fingerprint density at radius 1 is 1.03 bits per heavy atom. The van der Waals surface area contributed by atoms with Gasteiger partial charge in [-0.3, -0.25) is 10.1 Å². The first-order valence-corrected chi connectivity index (χ1v) is 10.2. The van der Waals surface area contributed by atoms with Crippen molar-refractivity contribution in [3.63, 3.8) is 0 Å². The number of H-pyrrole nitrogens is 2. The van der Waals surface area contributed by atoms with Crippen molar-refractivity contribution in [1.29, 1.82) is 0 Å². The van der Waals surface area contributed by atoms with E-state index in [1.807, 2.05) is 25.1 Å². The Morgan fingerprint density at radius 2 is 1.90 bits per heavy atom. The predicted molar refractivity (Wildman–Crippen MR) is 116 cm³/mol. The van der Waals surface area contributed by atoms with E-state index in [2.05, 4.69) is 35.1 Å². The Balaban J connectivity index is 1.56. The molecule has 0 aliphatic carbocycles. The van der Waals surface area contributed by atoms with Gasteiger partial charge in [0.2, 0.25) is 0 Å². The second kappa shape index (κ2) is 6.74. The lowest BCUT2D eigenvalue weighted by Gasteiger charge is -2.03. The lowest BCUT2D eigenvalue weighted by atomic mass is 10.1. The first-order chi connectivity index (χ1) is 15.2. The van der Waals surface area contributed by atoms with Gasteiger partial charge in [0.25, 0.3) is 0 Å². The molecule has 8 nitrogen and oxygen atoms in total. The van der Waals surface area contributed by atoms with E-state index in [4.69, 9.17) is 4.98 Å². The smallest absolute Gasteiger partial charge is 0.184 e. The van der Waals surface area contributed by atoms with Crippen molar-refractivity contribution < 1.29 is 4.39 Å². The Morgan fingerprint density at radius 3 is 2.71 bits per heavy atom. The molecule has 0 saturated carbocycles. The van der Waals surface area contributed by atoms with E-state index in [1.54, 1.807) is 29.9 Å². The minimum atomic E-state index is -0.462. The maximum Gasteiger partial charge on any atom is 0.184 e. The summed E-state index contributed by atoms with van der Waals surface area (Å²) in [5.41, 5.74) is 3.80. The minimum Gasteiger partial charge on any atom is -0.337 e. The molecule has 150 valence electrons. The van der Waals surface area contributed by atoms with Crippen molar-refractivity contribution in [2.45, 2.75) is 6.92 Å². The number of aromatic amines is 2. The second-order valence-electron chi connectivity index (χ2n) is 6.96. The van der Waals surface area contributed by atoms with Crippen molar-refractivity contribution in [3.8, 4) is 33.2 Å². The van der Waals surface area contributed by atoms with Gasteiger partial charge in [0, 0.05) is 40.8 Å². The number of aromatic nitrogens is 8. The molecule has 0 bridgehead atoms. The molecule has 6 aromatic heterocycles. The van der Waals surface area contributed by atoms with Crippen molar-refractivity contribution in [3.05, 3.63) is 60.0 Å². The molecule has 6 rings (SSSR count). The number of hydrogen-bond acceptors (Lipinski definition) is 7. The summed E-state index contributed by atoms with van der Waals surface area (Å²) < 4.78 is 15.5. The summed E-state index contributed by atoms with van der Waals surface area (Å²) in [5.74, 6) is -0.00146. The first kappa shape index (κ1) is 17.8. The number of thiophene rings is 1. The molecule has 0 saturated heterocycles. The van der Waals surface area contributed by atoms with Crippen LogP contribution in [-0.4, -0.2) is 40.1 Å². The molecule has 0 spiro atoms. The lowest BCUT2D eigenvalue weighted by molar-refractivity contribution is 0.642. The summed E-state index contributed by atoms with van der Waals surface area (Å²) in [6.45, 7) is 2.05. The summed E-state index contributed by atoms with van der Waals surface area (Å²) in [6, 6.07) is 5.92. The Hall–Kier alpha value is -4.05. The van der Waals surface area contributed by atoms with Crippen LogP contribution in [0.15, 0.2) is 49.3 Å². The largest absolute Gasteiger partial charge is 0.337 e. The van der Waals surface area contributed by atoms with E-state index in [-0.39, 0.29) is 11.0 Å². The standard InChI is InChI=1S/C21H13FN8S/c1-10-2-3-14(31-10)18-17-13(4-5-25-18)27-21(28-17)19-15-16(22)12(8-26-20(15)30-29-19)11-6-23-9-24-7-11/h2-9H,1H3,(H,27,28)(H,26,29,30). The third-order valence-corrected chi connectivity index (χ3v) is 6.01. The van der Waals surface area contributed by atoms with Gasteiger partial charge in [-0.2, -0.15) is 5.10 Å². The zero-order valence-corrected chi connectivity index (χ0v) is 16.9. The summed E-state index contributed by atoms with van der Waals surface area (Å²) in [7, 11) is 0. The molecule has 6 heterocycles. The molecular weight excluding hydrogens is 415 g/mol. The van der Waals surface area contributed by atoms with E-state index >= 15 is 4.39 Å². The maximum absolute atomic E-state index is 15.5. The fourth-order valence-corrected chi connectivity index (χ4v) is 4.42. The van der Waals surface area contributed by atoms with Gasteiger partial charge >= 0.3 is 0 Å². The highest BCUT2D eigenvalue weighted by Gasteiger charge is 2.21. The second-order valence-corrected chi connectivity index (χ2v) is 8.25. The van der Waals surface area contributed by atoms with E-state index < -0.39 is 5.82 Å². The van der Waals surface area contributed by atoms with Gasteiger partial charge in [0.05, 0.1) is 15.8 Å². The van der Waals surface area contributed by atoms with Gasteiger partial charge in [-0.25, -0.2) is 24.3 Å². The molecule has 2 N–H and O–H groups in total. The van der Waals surface area contributed by atoms with Gasteiger partial charge < -0.3 is 4.98 Å². The zero-order chi connectivity index (χ0) is 20.9. The highest BCUT2D eigenvalue weighted by Crippen LogP contribution is 2.35. The summed E-state index contributed by atoms with van der Waals surface area (Å²) in [4.78, 5) is 27.0. The molecule has 0 fully saturated rings. The summed E-state index contributed by atoms with van der Waals surface area (Å²) in [5, 5.41) is 7.29. The number of hydrogen-bond donors (Lipinski definition) is 2. The molecule has 0 aliphatic heterocycles. The number of fused-ring (bicyclic) bond motifs is 2. The summed E-state index contributed by atoms with van der Waals surface area (Å²) in [6.07, 6.45) is 7.64. The van der Waals surface area contributed by atoms with Crippen LogP contribution >= 0.6 is 11.3 Å². The van der Waals surface area contributed by atoms with E-state index in [1.165, 1.54) is 17.4 Å². The number of imidazole rings is 1. The van der Waals surface area contributed by atoms with Crippen LogP contribution in [0.3, 0.4) is 0 Å². The molecule has 0 radical (unpaired) electrons. The summed E-state index contributed by atoms with van der Waals surface area (Å²) >= 11 is 1.65. The average Bonchev–Trinajstić information content (AvgIpc) is 3.52. The Bertz CT molecular complexity index is 1570. The third kappa shape index (κ3) is 2.80. The molecule has 6 aromatic rings. The number of nitrogens with one attached hydrogen (secondary N) is 2. The first-order valence-electron chi connectivity index (χ1n) is 9.39. The van der Waals surface area contributed by atoms with Crippen LogP contribution in [0.4, 0.5) is 4.39 Å². The zero-order valence-electron chi connectivity index (χ0n) is 16.1. The molecule has 0 aromatic carbocycles. The molecule has 0 amide bonds. The van der Waals surface area contributed by atoms with Crippen LogP contribution in [0.1, 0.15) is 4.88 Å². The van der Waals surface area contributed by atoms with Crippen molar-refractivity contribution in [2.75, 3.05) is 0 Å². The van der Waals surface area contributed by atoms with Crippen molar-refractivity contribution in [1.82, 2.24) is 40.1 Å². The van der Waals surface area contributed by atoms with Gasteiger partial charge in [-0.1, -0.05) is 0 Å². The van der Waals surface area contributed by atoms with Gasteiger partial charge in [-0.15, -0.1) is 11.3 Å². The van der Waals surface area contributed by atoms with Crippen LogP contribution in [0, 0.1) is 12.7 Å². The monoisotopic (exact) mass is 428 g/mol. The quantitative estimate of drug-likeness (QED) is 0.429. The van der Waals surface area contributed by atoms with Crippen molar-refractivity contribution >= 4 is 33.4 Å². The Labute approximate surface area is 178 Å². The molecule has 31 heavy (non-hydrogen) atoms. The normalized spacial score (nSPS) is 11.5. The van der Waals surface area contributed by atoms with Crippen LogP contribution < -0.4 is 0 Å². The lowest BCUT2D eigenvalue weighted by Crippen LogP contribution is -1.91. The number of pyridine rings is 2. The van der Waals surface area contributed by atoms with E-state index in [9.17, 15) is 0 Å². The molecule has 10 heteroatoms. The SMILES string of the molecule is Cc1ccc(-c2nccc3[nH]c(-c4[nH]nc5ncc(-c6cncnc6)c(F)c45)nc23)s1. The van der Waals surface area contributed by atoms with Crippen molar-refractivity contribution in [2.24, 2.45) is 0 Å². The highest BCUT2D eigenvalue weighted by atomic mass is 32.1. The fourth-order valence-electron chi connectivity index (χ4n) is 3.56. The van der Waals surface area contributed by atoms with E-state index in [0.717, 1.165) is 16.1 Å².